The molecule has 0 saturated heterocycles. The van der Waals surface area contributed by atoms with Crippen LogP contribution in [0.3, 0.4) is 0 Å². The molecule has 0 fully saturated rings. The highest BCUT2D eigenvalue weighted by Crippen LogP contribution is 2.35. The van der Waals surface area contributed by atoms with Crippen molar-refractivity contribution in [3.63, 3.8) is 0 Å². The number of thiophene rings is 1. The van der Waals surface area contributed by atoms with Crippen LogP contribution in [0.15, 0.2) is 29.2 Å². The van der Waals surface area contributed by atoms with Crippen molar-refractivity contribution >= 4 is 38.3 Å². The van der Waals surface area contributed by atoms with Gasteiger partial charge in [-0.2, -0.15) is 0 Å². The van der Waals surface area contributed by atoms with Crippen LogP contribution in [-0.2, 0) is 19.5 Å². The van der Waals surface area contributed by atoms with Gasteiger partial charge >= 0.3 is 11.9 Å². The van der Waals surface area contributed by atoms with Gasteiger partial charge in [0.25, 0.3) is 10.0 Å². The van der Waals surface area contributed by atoms with Crippen LogP contribution in [0.4, 0.5) is 5.00 Å². The lowest BCUT2D eigenvalue weighted by atomic mass is 10.1. The molecule has 0 aliphatic carbocycles. The molecule has 146 valence electrons. The van der Waals surface area contributed by atoms with Gasteiger partial charge in [-0.1, -0.05) is 17.7 Å². The molecule has 27 heavy (non-hydrogen) atoms. The van der Waals surface area contributed by atoms with Gasteiger partial charge in [0.15, 0.2) is 0 Å². The first kappa shape index (κ1) is 20.9. The predicted octanol–water partition coefficient (Wildman–Crippen LogP) is 3.52. The van der Waals surface area contributed by atoms with Crippen LogP contribution >= 0.6 is 11.3 Å². The third-order valence-corrected chi connectivity index (χ3v) is 6.33. The van der Waals surface area contributed by atoms with Crippen molar-refractivity contribution in [2.45, 2.75) is 32.6 Å². The molecule has 0 amide bonds. The number of esters is 2. The smallest absolute Gasteiger partial charge is 0.348 e. The van der Waals surface area contributed by atoms with E-state index in [1.54, 1.807) is 32.9 Å². The topological polar surface area (TPSA) is 98.8 Å². The Labute approximate surface area is 162 Å². The predicted molar refractivity (Wildman–Crippen MR) is 103 cm³/mol. The van der Waals surface area contributed by atoms with E-state index < -0.39 is 22.0 Å². The second kappa shape index (κ2) is 8.53. The average Bonchev–Trinajstić information content (AvgIpc) is 2.91. The maximum absolute atomic E-state index is 12.7. The number of rotatable bonds is 7. The molecular weight excluding hydrogens is 390 g/mol. The van der Waals surface area contributed by atoms with E-state index in [0.29, 0.717) is 5.56 Å². The van der Waals surface area contributed by atoms with Gasteiger partial charge in [0.1, 0.15) is 9.88 Å². The van der Waals surface area contributed by atoms with Gasteiger partial charge in [-0.25, -0.2) is 18.0 Å². The molecule has 1 N–H and O–H groups in total. The second-order valence-electron chi connectivity index (χ2n) is 5.62. The van der Waals surface area contributed by atoms with Crippen LogP contribution in [-0.4, -0.2) is 33.6 Å². The second-order valence-corrected chi connectivity index (χ2v) is 8.32. The minimum Gasteiger partial charge on any atom is -0.462 e. The number of hydrogen-bond donors (Lipinski definition) is 1. The monoisotopic (exact) mass is 411 g/mol. The lowest BCUT2D eigenvalue weighted by Gasteiger charge is -2.09. The molecule has 0 radical (unpaired) electrons. The van der Waals surface area contributed by atoms with Crippen molar-refractivity contribution in [2.75, 3.05) is 17.9 Å². The quantitative estimate of drug-likeness (QED) is 0.700. The number of anilines is 1. The fraction of sp³-hybridized carbons (Fsp3) is 0.333. The van der Waals surface area contributed by atoms with Crippen LogP contribution in [0.5, 0.6) is 0 Å². The van der Waals surface area contributed by atoms with E-state index in [-0.39, 0.29) is 33.6 Å². The first-order chi connectivity index (χ1) is 12.7. The summed E-state index contributed by atoms with van der Waals surface area (Å²) in [6.45, 7) is 6.98. The molecule has 1 heterocycles. The number of ether oxygens (including phenoxy) is 2. The third-order valence-electron chi connectivity index (χ3n) is 3.65. The van der Waals surface area contributed by atoms with Gasteiger partial charge in [0.2, 0.25) is 0 Å². The summed E-state index contributed by atoms with van der Waals surface area (Å²) < 4.78 is 37.8. The maximum atomic E-state index is 12.7. The number of carbonyl (C=O) groups is 2. The van der Waals surface area contributed by atoms with Crippen LogP contribution < -0.4 is 4.72 Å². The van der Waals surface area contributed by atoms with Crippen LogP contribution in [0, 0.1) is 13.8 Å². The molecule has 0 spiro atoms. The van der Waals surface area contributed by atoms with E-state index in [2.05, 4.69) is 4.72 Å². The van der Waals surface area contributed by atoms with E-state index >= 15 is 0 Å². The zero-order valence-corrected chi connectivity index (χ0v) is 17.1. The minimum atomic E-state index is -3.94. The number of benzene rings is 1. The highest BCUT2D eigenvalue weighted by Gasteiger charge is 2.29. The molecule has 2 rings (SSSR count). The van der Waals surface area contributed by atoms with Crippen molar-refractivity contribution in [1.29, 1.82) is 0 Å². The van der Waals surface area contributed by atoms with Crippen molar-refractivity contribution < 1.29 is 27.5 Å². The SMILES string of the molecule is CCOC(=O)c1sc(NS(=O)(=O)c2ccc(C)cc2)c(C(=O)OCC)c1C. The molecule has 7 nitrogen and oxygen atoms in total. The number of nitrogens with one attached hydrogen (secondary N) is 1. The Bertz CT molecular complexity index is 945. The first-order valence-corrected chi connectivity index (χ1v) is 10.6. The number of sulfonamides is 1. The van der Waals surface area contributed by atoms with Crippen LogP contribution in [0.25, 0.3) is 0 Å². The van der Waals surface area contributed by atoms with Crippen molar-refractivity contribution in [3.05, 3.63) is 45.8 Å². The fourth-order valence-electron chi connectivity index (χ4n) is 2.32. The molecule has 0 bridgehead atoms. The van der Waals surface area contributed by atoms with E-state index in [1.807, 2.05) is 6.92 Å². The highest BCUT2D eigenvalue weighted by molar-refractivity contribution is 7.93. The zero-order valence-electron chi connectivity index (χ0n) is 15.5. The lowest BCUT2D eigenvalue weighted by molar-refractivity contribution is 0.0527. The van der Waals surface area contributed by atoms with Gasteiger partial charge in [-0.3, -0.25) is 4.72 Å². The van der Waals surface area contributed by atoms with E-state index in [4.69, 9.17) is 9.47 Å². The molecular formula is C18H21NO6S2. The number of carbonyl (C=O) groups excluding carboxylic acids is 2. The Kier molecular flexibility index (Phi) is 6.61. The standard InChI is InChI=1S/C18H21NO6S2/c1-5-24-17(20)14-12(4)15(18(21)25-6-2)26-16(14)19-27(22,23)13-9-7-11(3)8-10-13/h7-10,19H,5-6H2,1-4H3. The molecule has 0 atom stereocenters. The number of hydrogen-bond acceptors (Lipinski definition) is 7. The first-order valence-electron chi connectivity index (χ1n) is 8.28. The van der Waals surface area contributed by atoms with Crippen LogP contribution in [0.2, 0.25) is 0 Å². The Morgan fingerprint density at radius 1 is 1.00 bits per heavy atom. The van der Waals surface area contributed by atoms with E-state index in [1.165, 1.54) is 12.1 Å². The minimum absolute atomic E-state index is 0.0144. The van der Waals surface area contributed by atoms with Gasteiger partial charge < -0.3 is 9.47 Å². The van der Waals surface area contributed by atoms with Crippen molar-refractivity contribution in [1.82, 2.24) is 0 Å². The van der Waals surface area contributed by atoms with Gasteiger partial charge in [0.05, 0.1) is 23.7 Å². The summed E-state index contributed by atoms with van der Waals surface area (Å²) in [5.74, 6) is -1.32. The Morgan fingerprint density at radius 3 is 2.11 bits per heavy atom. The molecule has 0 aliphatic heterocycles. The van der Waals surface area contributed by atoms with E-state index in [0.717, 1.165) is 16.9 Å². The Hall–Kier alpha value is -2.39. The van der Waals surface area contributed by atoms with E-state index in [9.17, 15) is 18.0 Å². The Morgan fingerprint density at radius 2 is 1.56 bits per heavy atom. The lowest BCUT2D eigenvalue weighted by Crippen LogP contribution is -2.15. The van der Waals surface area contributed by atoms with Gasteiger partial charge in [-0.15, -0.1) is 11.3 Å². The molecule has 1 aromatic carbocycles. The summed E-state index contributed by atoms with van der Waals surface area (Å²) in [4.78, 5) is 24.7. The maximum Gasteiger partial charge on any atom is 0.348 e. The third kappa shape index (κ3) is 4.67. The fourth-order valence-corrected chi connectivity index (χ4v) is 4.72. The van der Waals surface area contributed by atoms with Crippen LogP contribution in [0.1, 0.15) is 45.0 Å². The summed E-state index contributed by atoms with van der Waals surface area (Å²) in [6.07, 6.45) is 0. The van der Waals surface area contributed by atoms with Crippen molar-refractivity contribution in [2.24, 2.45) is 0 Å². The average molecular weight is 412 g/mol. The molecule has 0 saturated carbocycles. The summed E-state index contributed by atoms with van der Waals surface area (Å²) in [5, 5.41) is 0.0228. The summed E-state index contributed by atoms with van der Waals surface area (Å²) in [5.41, 5.74) is 1.25. The molecule has 1 aromatic heterocycles. The Balaban J connectivity index is 2.50. The van der Waals surface area contributed by atoms with Gasteiger partial charge in [-0.05, 0) is 45.4 Å². The molecule has 9 heteroatoms. The normalized spacial score (nSPS) is 11.1. The molecule has 0 aliphatic rings. The van der Waals surface area contributed by atoms with Gasteiger partial charge in [0, 0.05) is 0 Å². The highest BCUT2D eigenvalue weighted by atomic mass is 32.2. The summed E-state index contributed by atoms with van der Waals surface area (Å²) in [7, 11) is -3.94. The zero-order chi connectivity index (χ0) is 20.2. The largest absolute Gasteiger partial charge is 0.462 e. The molecule has 0 unspecified atom stereocenters. The molecule has 2 aromatic rings. The number of aryl methyl sites for hydroxylation is 1. The summed E-state index contributed by atoms with van der Waals surface area (Å²) in [6, 6.07) is 6.28. The van der Waals surface area contributed by atoms with Crippen molar-refractivity contribution in [3.8, 4) is 0 Å². The summed E-state index contributed by atoms with van der Waals surface area (Å²) >= 11 is 0.847.